The van der Waals surface area contributed by atoms with Gasteiger partial charge in [-0.1, -0.05) is 38.5 Å². The molecule has 0 bridgehead atoms. The molecule has 0 radical (unpaired) electrons. The van der Waals surface area contributed by atoms with E-state index in [9.17, 15) is 9.59 Å². The molecule has 10 nitrogen and oxygen atoms in total. The average Bonchev–Trinajstić information content (AvgIpc) is 3.20. The molecule has 31 heavy (non-hydrogen) atoms. The van der Waals surface area contributed by atoms with Gasteiger partial charge in [-0.15, -0.1) is 10.2 Å². The first-order chi connectivity index (χ1) is 15.1. The number of hydrogen-bond acceptors (Lipinski definition) is 7. The van der Waals surface area contributed by atoms with Crippen LogP contribution in [0.25, 0.3) is 0 Å². The molecule has 0 saturated heterocycles. The SMILES string of the molecule is COOc1c(N=Nc2cc(C)[nH]n2)c(=O)n(C2CCCCC2)c(=O)n1C1CCCCC1. The fourth-order valence-corrected chi connectivity index (χ4v) is 4.73. The molecule has 2 aromatic rings. The third-order valence-corrected chi connectivity index (χ3v) is 6.24. The first-order valence-corrected chi connectivity index (χ1v) is 11.2. The van der Waals surface area contributed by atoms with E-state index in [1.54, 1.807) is 10.6 Å². The van der Waals surface area contributed by atoms with Crippen molar-refractivity contribution in [2.75, 3.05) is 7.11 Å². The van der Waals surface area contributed by atoms with Crippen molar-refractivity contribution in [1.82, 2.24) is 19.3 Å². The van der Waals surface area contributed by atoms with Crippen LogP contribution in [0.15, 0.2) is 25.9 Å². The second kappa shape index (κ2) is 9.59. The number of aromatic amines is 1. The Hall–Kier alpha value is -2.75. The van der Waals surface area contributed by atoms with Crippen LogP contribution in [0.5, 0.6) is 5.88 Å². The summed E-state index contributed by atoms with van der Waals surface area (Å²) < 4.78 is 2.95. The van der Waals surface area contributed by atoms with Gasteiger partial charge in [0.2, 0.25) is 5.69 Å². The number of nitrogens with zero attached hydrogens (tertiary/aromatic N) is 5. The summed E-state index contributed by atoms with van der Waals surface area (Å²) in [5.41, 5.74) is -0.0372. The van der Waals surface area contributed by atoms with E-state index in [1.165, 1.54) is 11.7 Å². The van der Waals surface area contributed by atoms with Crippen LogP contribution in [0, 0.1) is 6.92 Å². The quantitative estimate of drug-likeness (QED) is 0.414. The highest BCUT2D eigenvalue weighted by Crippen LogP contribution is 2.35. The van der Waals surface area contributed by atoms with Gasteiger partial charge in [0.1, 0.15) is 0 Å². The van der Waals surface area contributed by atoms with Crippen molar-refractivity contribution < 1.29 is 9.78 Å². The van der Waals surface area contributed by atoms with Crippen LogP contribution in [-0.4, -0.2) is 26.4 Å². The van der Waals surface area contributed by atoms with E-state index >= 15 is 0 Å². The maximum Gasteiger partial charge on any atom is 0.334 e. The monoisotopic (exact) mass is 430 g/mol. The largest absolute Gasteiger partial charge is 0.334 e. The number of azo groups is 1. The smallest absolute Gasteiger partial charge is 0.316 e. The van der Waals surface area contributed by atoms with E-state index in [0.717, 1.165) is 69.9 Å². The summed E-state index contributed by atoms with van der Waals surface area (Å²) in [5.74, 6) is 0.368. The standard InChI is InChI=1S/C21H30N6O4/c1-14-13-17(23-22-14)24-25-18-19(28)26(15-9-5-3-6-10-15)21(29)27(20(18)31-30-2)16-11-7-4-8-12-16/h13,15-16H,3-12H2,1-2H3,(H,22,23). The molecule has 0 unspecified atom stereocenters. The van der Waals surface area contributed by atoms with Crippen LogP contribution in [-0.2, 0) is 4.89 Å². The fourth-order valence-electron chi connectivity index (χ4n) is 4.73. The summed E-state index contributed by atoms with van der Waals surface area (Å²) in [6.07, 6.45) is 9.61. The number of nitrogens with one attached hydrogen (secondary N) is 1. The molecule has 0 amide bonds. The number of aryl methyl sites for hydroxylation is 1. The van der Waals surface area contributed by atoms with E-state index in [2.05, 4.69) is 20.4 Å². The molecule has 168 valence electrons. The molecule has 2 heterocycles. The van der Waals surface area contributed by atoms with Crippen LogP contribution < -0.4 is 16.1 Å². The summed E-state index contributed by atoms with van der Waals surface area (Å²) in [6, 6.07) is 1.52. The van der Waals surface area contributed by atoms with Gasteiger partial charge < -0.3 is 4.89 Å². The lowest BCUT2D eigenvalue weighted by Crippen LogP contribution is -2.44. The van der Waals surface area contributed by atoms with Crippen LogP contribution in [0.1, 0.15) is 82.0 Å². The van der Waals surface area contributed by atoms with Gasteiger partial charge in [0.15, 0.2) is 5.82 Å². The van der Waals surface area contributed by atoms with Gasteiger partial charge in [-0.05, 0) is 32.6 Å². The van der Waals surface area contributed by atoms with Crippen LogP contribution in [0.4, 0.5) is 11.5 Å². The maximum absolute atomic E-state index is 13.6. The molecule has 2 aliphatic carbocycles. The highest BCUT2D eigenvalue weighted by molar-refractivity contribution is 5.46. The molecule has 0 aliphatic heterocycles. The number of aromatic nitrogens is 4. The molecule has 2 aromatic heterocycles. The third kappa shape index (κ3) is 4.48. The lowest BCUT2D eigenvalue weighted by molar-refractivity contribution is -0.185. The predicted octanol–water partition coefficient (Wildman–Crippen LogP) is 4.41. The molecule has 0 atom stereocenters. The second-order valence-electron chi connectivity index (χ2n) is 8.42. The van der Waals surface area contributed by atoms with E-state index in [1.807, 2.05) is 6.92 Å². The number of rotatable bonds is 6. The molecule has 2 fully saturated rings. The highest BCUT2D eigenvalue weighted by atomic mass is 17.2. The summed E-state index contributed by atoms with van der Waals surface area (Å²) in [6.45, 7) is 1.85. The average molecular weight is 431 g/mol. The molecule has 2 aliphatic rings. The van der Waals surface area contributed by atoms with E-state index in [0.29, 0.717) is 5.82 Å². The Bertz CT molecular complexity index is 1040. The van der Waals surface area contributed by atoms with Gasteiger partial charge in [0, 0.05) is 23.8 Å². The van der Waals surface area contributed by atoms with Crippen LogP contribution >= 0.6 is 0 Å². The van der Waals surface area contributed by atoms with E-state index < -0.39 is 5.56 Å². The predicted molar refractivity (Wildman–Crippen MR) is 114 cm³/mol. The minimum Gasteiger partial charge on any atom is -0.316 e. The Morgan fingerprint density at radius 3 is 2.13 bits per heavy atom. The maximum atomic E-state index is 13.6. The van der Waals surface area contributed by atoms with Gasteiger partial charge >= 0.3 is 5.69 Å². The number of H-pyrrole nitrogens is 1. The number of hydrogen-bond donors (Lipinski definition) is 1. The van der Waals surface area contributed by atoms with Crippen molar-refractivity contribution in [3.63, 3.8) is 0 Å². The summed E-state index contributed by atoms with van der Waals surface area (Å²) in [7, 11) is 1.35. The Kier molecular flexibility index (Phi) is 6.64. The first kappa shape index (κ1) is 21.5. The lowest BCUT2D eigenvalue weighted by Gasteiger charge is -2.29. The summed E-state index contributed by atoms with van der Waals surface area (Å²) in [5, 5.41) is 15.2. The second-order valence-corrected chi connectivity index (χ2v) is 8.42. The molecule has 10 heteroatoms. The first-order valence-electron chi connectivity index (χ1n) is 11.2. The van der Waals surface area contributed by atoms with Crippen molar-refractivity contribution in [2.24, 2.45) is 10.2 Å². The highest BCUT2D eigenvalue weighted by Gasteiger charge is 2.30. The van der Waals surface area contributed by atoms with E-state index in [-0.39, 0.29) is 29.3 Å². The molecule has 0 spiro atoms. The van der Waals surface area contributed by atoms with Crippen molar-refractivity contribution >= 4 is 11.5 Å². The molecule has 1 N–H and O–H groups in total. The zero-order chi connectivity index (χ0) is 21.8. The minimum atomic E-state index is -0.494. The Labute approximate surface area is 180 Å². The normalized spacial score (nSPS) is 18.6. The molecular weight excluding hydrogens is 400 g/mol. The summed E-state index contributed by atoms with van der Waals surface area (Å²) in [4.78, 5) is 37.4. The van der Waals surface area contributed by atoms with Gasteiger partial charge in [0.25, 0.3) is 11.4 Å². The molecular formula is C21H30N6O4. The minimum absolute atomic E-state index is 0.0208. The Balaban J connectivity index is 1.90. The van der Waals surface area contributed by atoms with Gasteiger partial charge in [0.05, 0.1) is 7.11 Å². The van der Waals surface area contributed by atoms with Crippen molar-refractivity contribution in [3.8, 4) is 5.88 Å². The Morgan fingerprint density at radius 1 is 0.968 bits per heavy atom. The van der Waals surface area contributed by atoms with Gasteiger partial charge in [-0.2, -0.15) is 9.99 Å². The van der Waals surface area contributed by atoms with Crippen LogP contribution in [0.2, 0.25) is 0 Å². The topological polar surface area (TPSA) is 116 Å². The zero-order valence-corrected chi connectivity index (χ0v) is 18.2. The Morgan fingerprint density at radius 2 is 1.58 bits per heavy atom. The zero-order valence-electron chi connectivity index (χ0n) is 18.2. The molecule has 0 aromatic carbocycles. The van der Waals surface area contributed by atoms with Crippen molar-refractivity contribution in [1.29, 1.82) is 0 Å². The third-order valence-electron chi connectivity index (χ3n) is 6.24. The van der Waals surface area contributed by atoms with Crippen molar-refractivity contribution in [2.45, 2.75) is 83.2 Å². The molecule has 4 rings (SSSR count). The van der Waals surface area contributed by atoms with Crippen LogP contribution in [0.3, 0.4) is 0 Å². The molecule has 2 saturated carbocycles. The fraction of sp³-hybridized carbons (Fsp3) is 0.667. The van der Waals surface area contributed by atoms with Gasteiger partial charge in [-0.25, -0.2) is 4.79 Å². The van der Waals surface area contributed by atoms with Crippen molar-refractivity contribution in [3.05, 3.63) is 32.6 Å². The lowest BCUT2D eigenvalue weighted by atomic mass is 9.94. The van der Waals surface area contributed by atoms with E-state index in [4.69, 9.17) is 9.78 Å². The summed E-state index contributed by atoms with van der Waals surface area (Å²) >= 11 is 0. The van der Waals surface area contributed by atoms with Gasteiger partial charge in [-0.3, -0.25) is 19.0 Å².